The Kier molecular flexibility index (Phi) is 2.96. The monoisotopic (exact) mass is 259 g/mol. The maximum Gasteiger partial charge on any atom is 0.321 e. The van der Waals surface area contributed by atoms with Crippen molar-refractivity contribution >= 4 is 15.8 Å². The molecule has 6 nitrogen and oxygen atoms in total. The van der Waals surface area contributed by atoms with E-state index in [-0.39, 0.29) is 5.75 Å². The third-order valence-corrected chi connectivity index (χ3v) is 5.17. The standard InChI is InChI=1S/C10H13NO5S/c1-6-9(8-3-2-4-16-8)11-7(10(12)13)5-17(6,14)15/h2-4,6-7,9,11H,5H2,1H3,(H,12,13). The molecule has 2 heterocycles. The molecule has 1 aromatic heterocycles. The van der Waals surface area contributed by atoms with Crippen LogP contribution in [0.4, 0.5) is 0 Å². The van der Waals surface area contributed by atoms with Gasteiger partial charge in [0.05, 0.1) is 23.3 Å². The Labute approximate surface area is 98.5 Å². The fourth-order valence-electron chi connectivity index (χ4n) is 1.92. The van der Waals surface area contributed by atoms with Crippen LogP contribution in [0.15, 0.2) is 22.8 Å². The molecular weight excluding hydrogens is 246 g/mol. The number of aliphatic carboxylic acids is 1. The molecule has 0 amide bonds. The highest BCUT2D eigenvalue weighted by atomic mass is 32.2. The van der Waals surface area contributed by atoms with Crippen LogP contribution in [0.3, 0.4) is 0 Å². The molecule has 0 spiro atoms. The Balaban J connectivity index is 2.35. The molecule has 0 radical (unpaired) electrons. The van der Waals surface area contributed by atoms with Gasteiger partial charge in [0.15, 0.2) is 9.84 Å². The van der Waals surface area contributed by atoms with Gasteiger partial charge in [0.1, 0.15) is 11.8 Å². The van der Waals surface area contributed by atoms with Gasteiger partial charge in [0.2, 0.25) is 0 Å². The van der Waals surface area contributed by atoms with Gasteiger partial charge in [-0.05, 0) is 19.1 Å². The fraction of sp³-hybridized carbons (Fsp3) is 0.500. The van der Waals surface area contributed by atoms with Gasteiger partial charge in [-0.15, -0.1) is 0 Å². The van der Waals surface area contributed by atoms with Crippen LogP contribution in [-0.4, -0.2) is 36.5 Å². The molecule has 17 heavy (non-hydrogen) atoms. The molecule has 94 valence electrons. The summed E-state index contributed by atoms with van der Waals surface area (Å²) in [6, 6.07) is 1.56. The van der Waals surface area contributed by atoms with E-state index in [1.807, 2.05) is 0 Å². The summed E-state index contributed by atoms with van der Waals surface area (Å²) in [7, 11) is -3.43. The molecule has 0 bridgehead atoms. The van der Waals surface area contributed by atoms with Gasteiger partial charge in [0.25, 0.3) is 0 Å². The van der Waals surface area contributed by atoms with Crippen LogP contribution >= 0.6 is 0 Å². The Morgan fingerprint density at radius 3 is 2.82 bits per heavy atom. The van der Waals surface area contributed by atoms with E-state index in [1.54, 1.807) is 19.1 Å². The second-order valence-electron chi connectivity index (χ2n) is 4.09. The second kappa shape index (κ2) is 4.15. The minimum atomic E-state index is -3.43. The lowest BCUT2D eigenvalue weighted by Gasteiger charge is -2.32. The Bertz CT molecular complexity index is 507. The summed E-state index contributed by atoms with van der Waals surface area (Å²) >= 11 is 0. The molecule has 1 aliphatic heterocycles. The third kappa shape index (κ3) is 2.20. The predicted molar refractivity (Wildman–Crippen MR) is 59.3 cm³/mol. The van der Waals surface area contributed by atoms with E-state index in [9.17, 15) is 13.2 Å². The molecule has 3 unspecified atom stereocenters. The van der Waals surface area contributed by atoms with Gasteiger partial charge >= 0.3 is 5.97 Å². The lowest BCUT2D eigenvalue weighted by Crippen LogP contribution is -2.54. The highest BCUT2D eigenvalue weighted by Gasteiger charge is 2.42. The van der Waals surface area contributed by atoms with E-state index in [0.29, 0.717) is 5.76 Å². The van der Waals surface area contributed by atoms with E-state index in [4.69, 9.17) is 9.52 Å². The smallest absolute Gasteiger partial charge is 0.321 e. The van der Waals surface area contributed by atoms with Crippen molar-refractivity contribution < 1.29 is 22.7 Å². The van der Waals surface area contributed by atoms with Crippen LogP contribution in [0.2, 0.25) is 0 Å². The molecule has 1 fully saturated rings. The summed E-state index contributed by atoms with van der Waals surface area (Å²) in [6.45, 7) is 1.55. The number of sulfone groups is 1. The number of hydrogen-bond donors (Lipinski definition) is 2. The average Bonchev–Trinajstić information content (AvgIpc) is 2.74. The number of nitrogens with one attached hydrogen (secondary N) is 1. The van der Waals surface area contributed by atoms with Crippen molar-refractivity contribution in [3.05, 3.63) is 24.2 Å². The lowest BCUT2D eigenvalue weighted by molar-refractivity contribution is -0.139. The van der Waals surface area contributed by atoms with Gasteiger partial charge < -0.3 is 9.52 Å². The van der Waals surface area contributed by atoms with Crippen molar-refractivity contribution in [3.63, 3.8) is 0 Å². The summed E-state index contributed by atoms with van der Waals surface area (Å²) in [5.41, 5.74) is 0. The van der Waals surface area contributed by atoms with Gasteiger partial charge in [-0.3, -0.25) is 10.1 Å². The number of hydrogen-bond acceptors (Lipinski definition) is 5. The lowest BCUT2D eigenvalue weighted by atomic mass is 10.1. The van der Waals surface area contributed by atoms with Crippen molar-refractivity contribution in [2.45, 2.75) is 24.3 Å². The number of carboxylic acid groups (broad SMARTS) is 1. The number of rotatable bonds is 2. The summed E-state index contributed by atoms with van der Waals surface area (Å²) < 4.78 is 28.9. The molecule has 1 aliphatic rings. The Hall–Kier alpha value is -1.34. The van der Waals surface area contributed by atoms with Gasteiger partial charge in [-0.1, -0.05) is 0 Å². The average molecular weight is 259 g/mol. The summed E-state index contributed by atoms with van der Waals surface area (Å²) in [6.07, 6.45) is 1.43. The highest BCUT2D eigenvalue weighted by Crippen LogP contribution is 2.27. The minimum Gasteiger partial charge on any atom is -0.480 e. The topological polar surface area (TPSA) is 96.6 Å². The summed E-state index contributed by atoms with van der Waals surface area (Å²) in [4.78, 5) is 10.9. The first kappa shape index (κ1) is 12.1. The number of carbonyl (C=O) groups is 1. The normalized spacial score (nSPS) is 32.2. The zero-order valence-corrected chi connectivity index (χ0v) is 9.98. The molecule has 2 rings (SSSR count). The molecular formula is C10H13NO5S. The van der Waals surface area contributed by atoms with Crippen LogP contribution < -0.4 is 5.32 Å². The Morgan fingerprint density at radius 2 is 2.29 bits per heavy atom. The predicted octanol–water partition coefficient (Wildman–Crippen LogP) is 0.180. The minimum absolute atomic E-state index is 0.388. The van der Waals surface area contributed by atoms with Gasteiger partial charge in [-0.25, -0.2) is 8.42 Å². The van der Waals surface area contributed by atoms with E-state index >= 15 is 0 Å². The molecule has 0 saturated carbocycles. The first-order chi connectivity index (χ1) is 7.92. The zero-order valence-electron chi connectivity index (χ0n) is 9.16. The van der Waals surface area contributed by atoms with Crippen molar-refractivity contribution in [1.82, 2.24) is 5.32 Å². The van der Waals surface area contributed by atoms with Gasteiger partial charge in [-0.2, -0.15) is 0 Å². The van der Waals surface area contributed by atoms with E-state index in [2.05, 4.69) is 5.32 Å². The highest BCUT2D eigenvalue weighted by molar-refractivity contribution is 7.92. The van der Waals surface area contributed by atoms with Gasteiger partial charge in [0, 0.05) is 0 Å². The number of carboxylic acids is 1. The van der Waals surface area contributed by atoms with Crippen molar-refractivity contribution in [1.29, 1.82) is 0 Å². The quantitative estimate of drug-likeness (QED) is 0.786. The van der Waals surface area contributed by atoms with Crippen LogP contribution in [0.1, 0.15) is 18.7 Å². The largest absolute Gasteiger partial charge is 0.480 e. The third-order valence-electron chi connectivity index (χ3n) is 2.96. The maximum atomic E-state index is 11.9. The molecule has 2 N–H and O–H groups in total. The van der Waals surface area contributed by atoms with E-state index < -0.39 is 33.1 Å². The molecule has 3 atom stereocenters. The fourth-order valence-corrected chi connectivity index (χ4v) is 3.55. The van der Waals surface area contributed by atoms with Crippen LogP contribution in [0.25, 0.3) is 0 Å². The van der Waals surface area contributed by atoms with Crippen molar-refractivity contribution in [2.75, 3.05) is 5.75 Å². The zero-order chi connectivity index (χ0) is 12.6. The first-order valence-electron chi connectivity index (χ1n) is 5.15. The maximum absolute atomic E-state index is 11.9. The molecule has 1 aromatic rings. The Morgan fingerprint density at radius 1 is 1.59 bits per heavy atom. The molecule has 0 aliphatic carbocycles. The first-order valence-corrected chi connectivity index (χ1v) is 6.87. The second-order valence-corrected chi connectivity index (χ2v) is 6.49. The summed E-state index contributed by atoms with van der Waals surface area (Å²) in [5, 5.41) is 11.0. The van der Waals surface area contributed by atoms with Crippen molar-refractivity contribution in [2.24, 2.45) is 0 Å². The molecule has 0 aromatic carbocycles. The SMILES string of the molecule is CC1C(c2ccco2)NC(C(=O)O)CS1(=O)=O. The molecule has 7 heteroatoms. The van der Waals surface area contributed by atoms with Crippen molar-refractivity contribution in [3.8, 4) is 0 Å². The van der Waals surface area contributed by atoms with Crippen LogP contribution in [0, 0.1) is 0 Å². The van der Waals surface area contributed by atoms with E-state index in [1.165, 1.54) is 6.26 Å². The van der Waals surface area contributed by atoms with E-state index in [0.717, 1.165) is 0 Å². The van der Waals surface area contributed by atoms with Crippen LogP contribution in [0.5, 0.6) is 0 Å². The summed E-state index contributed by atoms with van der Waals surface area (Å²) in [5.74, 6) is -1.12. The van der Waals surface area contributed by atoms with Crippen LogP contribution in [-0.2, 0) is 14.6 Å². The molecule has 1 saturated heterocycles. The number of furan rings is 1.